The molecule has 2 aliphatic heterocycles. The second-order valence-corrected chi connectivity index (χ2v) is 8.33. The van der Waals surface area contributed by atoms with Crippen molar-refractivity contribution in [2.45, 2.75) is 31.3 Å². The van der Waals surface area contributed by atoms with Gasteiger partial charge in [0.05, 0.1) is 19.7 Å². The maximum Gasteiger partial charge on any atom is 0.274 e. The normalized spacial score (nSPS) is 23.0. The Balaban J connectivity index is 1.54. The smallest absolute Gasteiger partial charge is 0.274 e. The van der Waals surface area contributed by atoms with Gasteiger partial charge in [0.2, 0.25) is 0 Å². The van der Waals surface area contributed by atoms with Crippen molar-refractivity contribution < 1.29 is 19.1 Å². The molecule has 1 aromatic carbocycles. The van der Waals surface area contributed by atoms with Crippen LogP contribution in [0.3, 0.4) is 0 Å². The number of fused-ring (bicyclic) bond motifs is 1. The van der Waals surface area contributed by atoms with E-state index in [4.69, 9.17) is 9.47 Å². The van der Waals surface area contributed by atoms with Gasteiger partial charge < -0.3 is 19.3 Å². The minimum atomic E-state index is -1.03. The second kappa shape index (κ2) is 9.09. The highest BCUT2D eigenvalue weighted by molar-refractivity contribution is 5.93. The molecule has 2 amide bonds. The van der Waals surface area contributed by atoms with Crippen LogP contribution in [-0.2, 0) is 23.0 Å². The zero-order valence-electron chi connectivity index (χ0n) is 18.2. The summed E-state index contributed by atoms with van der Waals surface area (Å²) in [7, 11) is 3.55. The molecule has 2 aromatic rings. The molecule has 1 saturated heterocycles. The topological polar surface area (TPSA) is 76.9 Å². The molecule has 1 aromatic heterocycles. The molecule has 0 saturated carbocycles. The van der Waals surface area contributed by atoms with Crippen molar-refractivity contribution in [2.24, 2.45) is 7.05 Å². The number of likely N-dealkylation sites (N-methyl/N-ethyl adjacent to an activating group) is 1. The first-order valence-electron chi connectivity index (χ1n) is 10.9. The first-order chi connectivity index (χ1) is 15.0. The van der Waals surface area contributed by atoms with Gasteiger partial charge in [0, 0.05) is 26.8 Å². The third kappa shape index (κ3) is 4.58. The Morgan fingerprint density at radius 3 is 2.74 bits per heavy atom. The Morgan fingerprint density at radius 2 is 1.94 bits per heavy atom. The zero-order chi connectivity index (χ0) is 21.8. The highest BCUT2D eigenvalue weighted by atomic mass is 16.5. The van der Waals surface area contributed by atoms with Crippen LogP contribution in [0.4, 0.5) is 0 Å². The molecule has 8 heteroatoms. The summed E-state index contributed by atoms with van der Waals surface area (Å²) in [5.74, 6) is 0.630. The van der Waals surface area contributed by atoms with Crippen molar-refractivity contribution in [3.8, 4) is 5.75 Å². The highest BCUT2D eigenvalue weighted by Gasteiger charge is 2.46. The minimum Gasteiger partial charge on any atom is -0.491 e. The lowest BCUT2D eigenvalue weighted by atomic mass is 9.91. The van der Waals surface area contributed by atoms with E-state index in [0.717, 1.165) is 25.0 Å². The fourth-order valence-corrected chi connectivity index (χ4v) is 4.36. The fourth-order valence-electron chi connectivity index (χ4n) is 4.36. The minimum absolute atomic E-state index is 0.0940. The van der Waals surface area contributed by atoms with Crippen LogP contribution in [0.5, 0.6) is 5.75 Å². The number of aryl methyl sites for hydroxylation is 2. The number of hydrogen-bond donors (Lipinski definition) is 0. The van der Waals surface area contributed by atoms with E-state index in [1.165, 1.54) is 5.56 Å². The van der Waals surface area contributed by atoms with Gasteiger partial charge >= 0.3 is 0 Å². The van der Waals surface area contributed by atoms with Crippen molar-refractivity contribution >= 4 is 11.8 Å². The lowest BCUT2D eigenvalue weighted by Crippen LogP contribution is -2.61. The van der Waals surface area contributed by atoms with Gasteiger partial charge in [0.15, 0.2) is 5.60 Å². The maximum atomic E-state index is 13.5. The second-order valence-electron chi connectivity index (χ2n) is 8.33. The molecular weight excluding hydrogens is 396 g/mol. The van der Waals surface area contributed by atoms with E-state index < -0.39 is 5.60 Å². The Hall–Kier alpha value is -2.87. The molecule has 3 heterocycles. The van der Waals surface area contributed by atoms with E-state index in [9.17, 15) is 9.59 Å². The van der Waals surface area contributed by atoms with Gasteiger partial charge in [0.1, 0.15) is 18.1 Å². The fraction of sp³-hybridized carbons (Fsp3) is 0.522. The molecule has 1 fully saturated rings. The van der Waals surface area contributed by atoms with Crippen molar-refractivity contribution in [3.63, 3.8) is 0 Å². The molecule has 4 rings (SSSR count). The third-order valence-electron chi connectivity index (χ3n) is 6.08. The van der Waals surface area contributed by atoms with Crippen molar-refractivity contribution in [1.29, 1.82) is 0 Å². The largest absolute Gasteiger partial charge is 0.491 e. The number of carbonyl (C=O) groups excluding carboxylic acids is 2. The van der Waals surface area contributed by atoms with E-state index >= 15 is 0 Å². The molecular formula is C23H30N4O4. The summed E-state index contributed by atoms with van der Waals surface area (Å²) in [5, 5.41) is 4.23. The van der Waals surface area contributed by atoms with Gasteiger partial charge in [-0.05, 0) is 43.4 Å². The van der Waals surface area contributed by atoms with E-state index in [2.05, 4.69) is 11.2 Å². The number of rotatable bonds is 1. The molecule has 0 N–H and O–H groups in total. The molecule has 8 nitrogen and oxygen atoms in total. The van der Waals surface area contributed by atoms with Gasteiger partial charge in [-0.2, -0.15) is 5.10 Å². The van der Waals surface area contributed by atoms with Crippen LogP contribution in [0.1, 0.15) is 35.3 Å². The SMILES string of the molecule is CN1CCOc2ccccc2CCCCC2(CN(C(=O)c3ccn(C)n3)CCO2)C1=O. The molecule has 1 spiro atoms. The number of ether oxygens (including phenoxy) is 2. The lowest BCUT2D eigenvalue weighted by molar-refractivity contribution is -0.169. The molecule has 0 radical (unpaired) electrons. The number of para-hydroxylation sites is 1. The van der Waals surface area contributed by atoms with Gasteiger partial charge in [-0.1, -0.05) is 18.2 Å². The molecule has 1 atom stereocenters. The first-order valence-corrected chi connectivity index (χ1v) is 10.9. The quantitative estimate of drug-likeness (QED) is 0.696. The summed E-state index contributed by atoms with van der Waals surface area (Å²) in [6, 6.07) is 9.77. The van der Waals surface area contributed by atoms with Crippen LogP contribution in [0.2, 0.25) is 0 Å². The Kier molecular flexibility index (Phi) is 6.27. The summed E-state index contributed by atoms with van der Waals surface area (Å²) in [6.07, 6.45) is 4.93. The van der Waals surface area contributed by atoms with E-state index in [1.54, 1.807) is 40.8 Å². The Labute approximate surface area is 182 Å². The molecule has 2 aliphatic rings. The standard InChI is InChI=1S/C23H30N4O4/c1-25-13-15-30-20-9-4-3-7-18(20)8-5-6-11-23(22(25)29)17-27(14-16-31-23)21(28)19-10-12-26(2)24-19/h3-4,7,9-10,12H,5-6,8,11,13-17H2,1-2H3. The van der Waals surface area contributed by atoms with E-state index in [0.29, 0.717) is 38.4 Å². The number of hydrogen-bond acceptors (Lipinski definition) is 5. The molecule has 1 unspecified atom stereocenters. The van der Waals surface area contributed by atoms with Crippen LogP contribution in [0.25, 0.3) is 0 Å². The lowest BCUT2D eigenvalue weighted by Gasteiger charge is -2.43. The predicted octanol–water partition coefficient (Wildman–Crippen LogP) is 1.90. The summed E-state index contributed by atoms with van der Waals surface area (Å²) in [4.78, 5) is 29.8. The van der Waals surface area contributed by atoms with Gasteiger partial charge in [-0.3, -0.25) is 14.3 Å². The maximum absolute atomic E-state index is 13.5. The average molecular weight is 427 g/mol. The van der Waals surface area contributed by atoms with Crippen LogP contribution in [0.15, 0.2) is 36.5 Å². The highest BCUT2D eigenvalue weighted by Crippen LogP contribution is 2.29. The summed E-state index contributed by atoms with van der Waals surface area (Å²) in [6.45, 7) is 1.88. The predicted molar refractivity (Wildman–Crippen MR) is 115 cm³/mol. The van der Waals surface area contributed by atoms with Crippen LogP contribution in [-0.4, -0.2) is 76.9 Å². The van der Waals surface area contributed by atoms with E-state index in [-0.39, 0.29) is 18.4 Å². The van der Waals surface area contributed by atoms with Crippen LogP contribution >= 0.6 is 0 Å². The van der Waals surface area contributed by atoms with Crippen molar-refractivity contribution in [3.05, 3.63) is 47.8 Å². The molecule has 166 valence electrons. The summed E-state index contributed by atoms with van der Waals surface area (Å²) < 4.78 is 13.7. The van der Waals surface area contributed by atoms with Gasteiger partial charge in [-0.25, -0.2) is 0 Å². The summed E-state index contributed by atoms with van der Waals surface area (Å²) in [5.41, 5.74) is 0.539. The third-order valence-corrected chi connectivity index (χ3v) is 6.08. The van der Waals surface area contributed by atoms with Crippen molar-refractivity contribution in [1.82, 2.24) is 19.6 Å². The first kappa shape index (κ1) is 21.4. The number of aromatic nitrogens is 2. The molecule has 0 bridgehead atoms. The number of carbonyl (C=O) groups is 2. The zero-order valence-corrected chi connectivity index (χ0v) is 18.2. The summed E-state index contributed by atoms with van der Waals surface area (Å²) >= 11 is 0. The monoisotopic (exact) mass is 426 g/mol. The van der Waals surface area contributed by atoms with Crippen LogP contribution < -0.4 is 4.74 Å². The Bertz CT molecular complexity index is 943. The van der Waals surface area contributed by atoms with Crippen molar-refractivity contribution in [2.75, 3.05) is 39.9 Å². The Morgan fingerprint density at radius 1 is 1.10 bits per heavy atom. The number of nitrogens with zero attached hydrogens (tertiary/aromatic N) is 4. The number of morpholine rings is 1. The van der Waals surface area contributed by atoms with Gasteiger partial charge in [-0.15, -0.1) is 0 Å². The van der Waals surface area contributed by atoms with Gasteiger partial charge in [0.25, 0.3) is 11.8 Å². The van der Waals surface area contributed by atoms with Crippen LogP contribution in [0, 0.1) is 0 Å². The molecule has 0 aliphatic carbocycles. The molecule has 31 heavy (non-hydrogen) atoms. The number of benzene rings is 1. The number of amides is 2. The average Bonchev–Trinajstić information content (AvgIpc) is 3.22. The van der Waals surface area contributed by atoms with E-state index in [1.807, 2.05) is 18.2 Å².